The molecule has 33 heavy (non-hydrogen) atoms. The molecule has 1 amide bonds. The number of ether oxygens (including phenoxy) is 2. The number of nitrogens with two attached hydrogens (primary N) is 2. The minimum Gasteiger partial charge on any atom is -0.471 e. The molecule has 9 nitrogen and oxygen atoms in total. The van der Waals surface area contributed by atoms with E-state index in [2.05, 4.69) is 9.97 Å². The summed E-state index contributed by atoms with van der Waals surface area (Å²) >= 11 is 0. The molecule has 0 atom stereocenters. The van der Waals surface area contributed by atoms with Crippen molar-refractivity contribution in [1.29, 1.82) is 0 Å². The predicted octanol–water partition coefficient (Wildman–Crippen LogP) is 1.61. The van der Waals surface area contributed by atoms with Crippen molar-refractivity contribution >= 4 is 11.6 Å². The average molecular weight is 453 g/mol. The highest BCUT2D eigenvalue weighted by Gasteiger charge is 2.29. The number of carbonyl (C=O) groups is 1. The molecule has 9 heteroatoms. The van der Waals surface area contributed by atoms with Gasteiger partial charge in [-0.25, -0.2) is 10.8 Å². The number of rotatable bonds is 6. The molecule has 0 aromatic carbocycles. The molecule has 1 saturated heterocycles. The Morgan fingerprint density at radius 3 is 2.73 bits per heavy atom. The molecule has 2 aliphatic rings. The maximum Gasteiger partial charge on any atom is 0.226 e. The fourth-order valence-corrected chi connectivity index (χ4v) is 4.19. The first-order valence-corrected chi connectivity index (χ1v) is 11.3. The van der Waals surface area contributed by atoms with Gasteiger partial charge in [-0.2, -0.15) is 0 Å². The number of amides is 1. The fraction of sp³-hybridized carbons (Fsp3) is 0.458. The van der Waals surface area contributed by atoms with E-state index in [0.29, 0.717) is 43.6 Å². The van der Waals surface area contributed by atoms with Gasteiger partial charge in [0.1, 0.15) is 6.61 Å². The molecule has 4 heterocycles. The lowest BCUT2D eigenvalue weighted by Crippen LogP contribution is -2.41. The number of fused-ring (bicyclic) bond motifs is 1. The molecule has 0 aliphatic carbocycles. The Morgan fingerprint density at radius 1 is 1.24 bits per heavy atom. The Hall–Kier alpha value is -3.17. The summed E-state index contributed by atoms with van der Waals surface area (Å²) in [6, 6.07) is 5.76. The second kappa shape index (κ2) is 10.2. The Bertz CT molecular complexity index is 1020. The lowest BCUT2D eigenvalue weighted by molar-refractivity contribution is -0.139. The second-order valence-corrected chi connectivity index (χ2v) is 8.64. The largest absolute Gasteiger partial charge is 0.471 e. The zero-order chi connectivity index (χ0) is 23.4. The second-order valence-electron chi connectivity index (χ2n) is 8.64. The third-order valence-electron chi connectivity index (χ3n) is 6.27. The third-order valence-corrected chi connectivity index (χ3v) is 6.27. The van der Waals surface area contributed by atoms with Gasteiger partial charge in [-0.15, -0.1) is 0 Å². The van der Waals surface area contributed by atoms with Crippen LogP contribution in [-0.4, -0.2) is 59.2 Å². The zero-order valence-electron chi connectivity index (χ0n) is 19.3. The predicted molar refractivity (Wildman–Crippen MR) is 124 cm³/mol. The summed E-state index contributed by atoms with van der Waals surface area (Å²) in [6.07, 6.45) is 5.91. The Labute approximate surface area is 194 Å². The molecule has 0 bridgehead atoms. The van der Waals surface area contributed by atoms with Gasteiger partial charge in [-0.3, -0.25) is 9.78 Å². The van der Waals surface area contributed by atoms with Crippen molar-refractivity contribution in [3.63, 3.8) is 0 Å². The molecule has 2 aromatic rings. The lowest BCUT2D eigenvalue weighted by Gasteiger charge is -2.33. The van der Waals surface area contributed by atoms with Gasteiger partial charge in [0.15, 0.2) is 0 Å². The molecule has 0 saturated carbocycles. The molecule has 176 valence electrons. The number of carbonyl (C=O) groups excluding carboxylic acids is 1. The number of hydrogen-bond acceptors (Lipinski definition) is 8. The summed E-state index contributed by atoms with van der Waals surface area (Å²) < 4.78 is 11.3. The van der Waals surface area contributed by atoms with Crippen LogP contribution in [0.15, 0.2) is 36.3 Å². The SMILES string of the molecule is Cc1ccc(/C(N)=C(\COc2cc3c(cn2)CN(C(=O)C2CCOCC2)CC3)N(C)N)cn1. The van der Waals surface area contributed by atoms with Crippen LogP contribution in [0.3, 0.4) is 0 Å². The number of hydrogen-bond donors (Lipinski definition) is 2. The zero-order valence-corrected chi connectivity index (χ0v) is 19.3. The van der Waals surface area contributed by atoms with Gasteiger partial charge in [0.2, 0.25) is 11.8 Å². The normalized spacial score (nSPS) is 17.2. The van der Waals surface area contributed by atoms with Crippen LogP contribution in [0.2, 0.25) is 0 Å². The molecule has 2 aromatic heterocycles. The topological polar surface area (TPSA) is 120 Å². The molecule has 0 radical (unpaired) electrons. The van der Waals surface area contributed by atoms with Crippen molar-refractivity contribution in [2.24, 2.45) is 17.5 Å². The van der Waals surface area contributed by atoms with Gasteiger partial charge >= 0.3 is 0 Å². The number of hydrazine groups is 1. The maximum absolute atomic E-state index is 12.9. The summed E-state index contributed by atoms with van der Waals surface area (Å²) in [5, 5.41) is 1.45. The summed E-state index contributed by atoms with van der Waals surface area (Å²) in [6.45, 7) is 4.72. The molecular weight excluding hydrogens is 420 g/mol. The van der Waals surface area contributed by atoms with Crippen molar-refractivity contribution in [1.82, 2.24) is 19.9 Å². The quantitative estimate of drug-likeness (QED) is 0.501. The van der Waals surface area contributed by atoms with E-state index in [4.69, 9.17) is 21.1 Å². The van der Waals surface area contributed by atoms with Crippen LogP contribution >= 0.6 is 0 Å². The first-order valence-electron chi connectivity index (χ1n) is 11.3. The first kappa shape index (κ1) is 23.0. The van der Waals surface area contributed by atoms with E-state index in [1.807, 2.05) is 30.0 Å². The van der Waals surface area contributed by atoms with Gasteiger partial charge in [0.25, 0.3) is 0 Å². The molecular formula is C24H32N6O3. The number of pyridine rings is 2. The smallest absolute Gasteiger partial charge is 0.226 e. The standard InChI is InChI=1S/C24H32N6O3/c1-16-3-4-19(12-27-16)23(25)21(29(2)26)15-33-22-11-18-5-8-30(14-20(18)13-28-22)24(31)17-6-9-32-10-7-17/h3-4,11-13,17H,5-10,14-15,25-26H2,1-2H3/b23-21-. The minimum absolute atomic E-state index is 0.0727. The highest BCUT2D eigenvalue weighted by molar-refractivity contribution is 5.79. The van der Waals surface area contributed by atoms with E-state index in [-0.39, 0.29) is 18.4 Å². The van der Waals surface area contributed by atoms with E-state index in [9.17, 15) is 4.79 Å². The summed E-state index contributed by atoms with van der Waals surface area (Å²) in [5.74, 6) is 6.82. The van der Waals surface area contributed by atoms with Crippen molar-refractivity contribution in [2.45, 2.75) is 32.7 Å². The molecule has 1 fully saturated rings. The molecule has 0 unspecified atom stereocenters. The number of aryl methyl sites for hydroxylation is 1. The summed E-state index contributed by atoms with van der Waals surface area (Å²) in [7, 11) is 1.72. The van der Waals surface area contributed by atoms with E-state index < -0.39 is 0 Å². The molecule has 4 rings (SSSR count). The number of nitrogens with zero attached hydrogens (tertiary/aromatic N) is 4. The van der Waals surface area contributed by atoms with Crippen LogP contribution in [0.5, 0.6) is 5.88 Å². The number of likely N-dealkylation sites (N-methyl/N-ethyl adjacent to an activating group) is 1. The average Bonchev–Trinajstić information content (AvgIpc) is 2.84. The highest BCUT2D eigenvalue weighted by Crippen LogP contribution is 2.26. The number of aromatic nitrogens is 2. The van der Waals surface area contributed by atoms with Gasteiger partial charge in [0.05, 0.1) is 11.4 Å². The lowest BCUT2D eigenvalue weighted by atomic mass is 9.96. The Morgan fingerprint density at radius 2 is 2.03 bits per heavy atom. The van der Waals surface area contributed by atoms with Crippen molar-refractivity contribution in [3.05, 3.63) is 58.7 Å². The molecule has 2 aliphatic heterocycles. The van der Waals surface area contributed by atoms with Crippen LogP contribution in [0, 0.1) is 12.8 Å². The van der Waals surface area contributed by atoms with E-state index in [0.717, 1.165) is 41.6 Å². The third kappa shape index (κ3) is 5.43. The van der Waals surface area contributed by atoms with Crippen LogP contribution in [0.25, 0.3) is 5.70 Å². The summed E-state index contributed by atoms with van der Waals surface area (Å²) in [4.78, 5) is 23.6. The van der Waals surface area contributed by atoms with Gasteiger partial charge in [-0.05, 0) is 49.4 Å². The van der Waals surface area contributed by atoms with E-state index >= 15 is 0 Å². The van der Waals surface area contributed by atoms with Crippen molar-refractivity contribution < 1.29 is 14.3 Å². The van der Waals surface area contributed by atoms with Gasteiger partial charge < -0.3 is 25.1 Å². The fourth-order valence-electron chi connectivity index (χ4n) is 4.19. The van der Waals surface area contributed by atoms with Crippen molar-refractivity contribution in [2.75, 3.05) is 33.4 Å². The minimum atomic E-state index is 0.0727. The van der Waals surface area contributed by atoms with Gasteiger partial charge in [0, 0.05) is 69.0 Å². The van der Waals surface area contributed by atoms with E-state index in [1.54, 1.807) is 19.4 Å². The highest BCUT2D eigenvalue weighted by atomic mass is 16.5. The summed E-state index contributed by atoms with van der Waals surface area (Å²) in [5.41, 5.74) is 11.4. The van der Waals surface area contributed by atoms with Crippen LogP contribution in [0.1, 0.15) is 35.2 Å². The van der Waals surface area contributed by atoms with Gasteiger partial charge in [-0.1, -0.05) is 0 Å². The van der Waals surface area contributed by atoms with Crippen LogP contribution in [-0.2, 0) is 22.5 Å². The molecule has 4 N–H and O–H groups in total. The van der Waals surface area contributed by atoms with Crippen LogP contribution < -0.4 is 16.3 Å². The van der Waals surface area contributed by atoms with Crippen LogP contribution in [0.4, 0.5) is 0 Å². The Balaban J connectivity index is 1.42. The molecule has 0 spiro atoms. The first-order chi connectivity index (χ1) is 15.9. The van der Waals surface area contributed by atoms with Crippen molar-refractivity contribution in [3.8, 4) is 5.88 Å². The maximum atomic E-state index is 12.9. The van der Waals surface area contributed by atoms with E-state index in [1.165, 1.54) is 5.01 Å². The Kier molecular flexibility index (Phi) is 7.10. The monoisotopic (exact) mass is 452 g/mol.